The molecule has 166 valence electrons. The summed E-state index contributed by atoms with van der Waals surface area (Å²) in [5.74, 6) is 0.0281. The highest BCUT2D eigenvalue weighted by Gasteiger charge is 2.30. The van der Waals surface area contributed by atoms with Crippen LogP contribution in [0.3, 0.4) is 0 Å². The molecule has 0 aliphatic carbocycles. The second kappa shape index (κ2) is 10.5. The molecule has 1 aromatic heterocycles. The molecule has 2 aromatic rings. The van der Waals surface area contributed by atoms with E-state index >= 15 is 0 Å². The van der Waals surface area contributed by atoms with Gasteiger partial charge in [-0.1, -0.05) is 24.3 Å². The maximum Gasteiger partial charge on any atom is 0.225 e. The van der Waals surface area contributed by atoms with Gasteiger partial charge in [-0.15, -0.1) is 0 Å². The normalized spacial score (nSPS) is 20.1. The first kappa shape index (κ1) is 21.5. The Labute approximate surface area is 183 Å². The second-order valence-corrected chi connectivity index (χ2v) is 8.22. The first-order valence-electron chi connectivity index (χ1n) is 11.1. The summed E-state index contributed by atoms with van der Waals surface area (Å²) in [4.78, 5) is 29.4. The van der Waals surface area contributed by atoms with Gasteiger partial charge in [-0.25, -0.2) is 0 Å². The smallest absolute Gasteiger partial charge is 0.225 e. The minimum Gasteiger partial charge on any atom is -0.379 e. The third kappa shape index (κ3) is 5.92. The molecule has 0 spiro atoms. The molecule has 31 heavy (non-hydrogen) atoms. The fourth-order valence-electron chi connectivity index (χ4n) is 4.21. The summed E-state index contributed by atoms with van der Waals surface area (Å²) < 4.78 is 7.26. The molecule has 0 bridgehead atoms. The molecule has 0 saturated carbocycles. The predicted molar refractivity (Wildman–Crippen MR) is 116 cm³/mol. The number of carbonyl (C=O) groups is 2. The van der Waals surface area contributed by atoms with E-state index < -0.39 is 0 Å². The molecule has 2 fully saturated rings. The van der Waals surface area contributed by atoms with Crippen molar-refractivity contribution in [1.29, 1.82) is 0 Å². The number of carbonyl (C=O) groups excluding carboxylic acids is 2. The van der Waals surface area contributed by atoms with Gasteiger partial charge in [0.15, 0.2) is 0 Å². The van der Waals surface area contributed by atoms with E-state index in [0.717, 1.165) is 44.0 Å². The molecule has 8 heteroatoms. The van der Waals surface area contributed by atoms with Gasteiger partial charge in [-0.2, -0.15) is 5.10 Å². The zero-order valence-electron chi connectivity index (χ0n) is 17.9. The van der Waals surface area contributed by atoms with Gasteiger partial charge >= 0.3 is 0 Å². The highest BCUT2D eigenvalue weighted by molar-refractivity contribution is 5.83. The number of aromatic nitrogens is 2. The molecule has 3 heterocycles. The summed E-state index contributed by atoms with van der Waals surface area (Å²) in [7, 11) is 0. The van der Waals surface area contributed by atoms with Crippen molar-refractivity contribution in [2.75, 3.05) is 45.9 Å². The van der Waals surface area contributed by atoms with Crippen LogP contribution in [0.25, 0.3) is 0 Å². The van der Waals surface area contributed by atoms with Crippen LogP contribution in [0.1, 0.15) is 24.0 Å². The third-order valence-corrected chi connectivity index (χ3v) is 6.12. The van der Waals surface area contributed by atoms with Crippen molar-refractivity contribution in [3.8, 4) is 0 Å². The van der Waals surface area contributed by atoms with Crippen molar-refractivity contribution in [2.45, 2.75) is 25.9 Å². The van der Waals surface area contributed by atoms with E-state index in [-0.39, 0.29) is 17.7 Å². The van der Waals surface area contributed by atoms with Crippen LogP contribution in [-0.2, 0) is 27.4 Å². The van der Waals surface area contributed by atoms with E-state index in [1.54, 1.807) is 6.20 Å². The van der Waals surface area contributed by atoms with Crippen LogP contribution in [0.4, 0.5) is 0 Å². The van der Waals surface area contributed by atoms with Gasteiger partial charge in [0.25, 0.3) is 0 Å². The van der Waals surface area contributed by atoms with E-state index in [2.05, 4.69) is 21.4 Å². The SMILES string of the molecule is O=C(NCc1ccccc1Cn1cccn1)[C@H]1CCC(=O)N(CCN2CCOCC2)C1. The third-order valence-electron chi connectivity index (χ3n) is 6.12. The van der Waals surface area contributed by atoms with Crippen LogP contribution < -0.4 is 5.32 Å². The minimum atomic E-state index is -0.152. The zero-order valence-corrected chi connectivity index (χ0v) is 17.9. The van der Waals surface area contributed by atoms with Crippen molar-refractivity contribution in [3.05, 3.63) is 53.9 Å². The predicted octanol–water partition coefficient (Wildman–Crippen LogP) is 1.12. The lowest BCUT2D eigenvalue weighted by molar-refractivity contribution is -0.138. The van der Waals surface area contributed by atoms with Crippen molar-refractivity contribution >= 4 is 11.8 Å². The summed E-state index contributed by atoms with van der Waals surface area (Å²) in [5.41, 5.74) is 2.22. The van der Waals surface area contributed by atoms with Gasteiger partial charge in [0.2, 0.25) is 11.8 Å². The van der Waals surface area contributed by atoms with Crippen LogP contribution >= 0.6 is 0 Å². The largest absolute Gasteiger partial charge is 0.379 e. The minimum absolute atomic E-state index is 0.0257. The van der Waals surface area contributed by atoms with Gasteiger partial charge in [0, 0.05) is 58.1 Å². The van der Waals surface area contributed by atoms with Crippen LogP contribution in [0.15, 0.2) is 42.7 Å². The van der Waals surface area contributed by atoms with E-state index in [9.17, 15) is 9.59 Å². The lowest BCUT2D eigenvalue weighted by Gasteiger charge is -2.34. The highest BCUT2D eigenvalue weighted by Crippen LogP contribution is 2.18. The number of hydrogen-bond acceptors (Lipinski definition) is 5. The van der Waals surface area contributed by atoms with Gasteiger partial charge in [-0.3, -0.25) is 19.2 Å². The molecule has 2 saturated heterocycles. The fourth-order valence-corrected chi connectivity index (χ4v) is 4.21. The van der Waals surface area contributed by atoms with Crippen molar-refractivity contribution in [3.63, 3.8) is 0 Å². The molecule has 1 aromatic carbocycles. The molecule has 2 amide bonds. The van der Waals surface area contributed by atoms with Crippen LogP contribution in [0, 0.1) is 5.92 Å². The number of nitrogens with one attached hydrogen (secondary N) is 1. The Hall–Kier alpha value is -2.71. The first-order valence-corrected chi connectivity index (χ1v) is 11.1. The monoisotopic (exact) mass is 425 g/mol. The molecular weight excluding hydrogens is 394 g/mol. The van der Waals surface area contributed by atoms with Crippen molar-refractivity contribution < 1.29 is 14.3 Å². The molecule has 0 unspecified atom stereocenters. The van der Waals surface area contributed by atoms with Gasteiger partial charge in [-0.05, 0) is 23.6 Å². The van der Waals surface area contributed by atoms with Crippen molar-refractivity contribution in [2.24, 2.45) is 5.92 Å². The zero-order chi connectivity index (χ0) is 21.5. The fraction of sp³-hybridized carbons (Fsp3) is 0.522. The molecule has 1 atom stereocenters. The maximum absolute atomic E-state index is 12.9. The molecule has 2 aliphatic rings. The Morgan fingerprint density at radius 1 is 1.13 bits per heavy atom. The first-order chi connectivity index (χ1) is 15.2. The summed E-state index contributed by atoms with van der Waals surface area (Å²) in [6, 6.07) is 10.00. The number of hydrogen-bond donors (Lipinski definition) is 1. The molecule has 4 rings (SSSR count). The summed E-state index contributed by atoms with van der Waals surface area (Å²) in [5, 5.41) is 7.37. The number of morpholine rings is 1. The lowest BCUT2D eigenvalue weighted by Crippen LogP contribution is -2.49. The number of nitrogens with zero attached hydrogens (tertiary/aromatic N) is 4. The Morgan fingerprint density at radius 3 is 2.71 bits per heavy atom. The van der Waals surface area contributed by atoms with Gasteiger partial charge in [0.05, 0.1) is 25.7 Å². The van der Waals surface area contributed by atoms with Crippen LogP contribution in [0.2, 0.25) is 0 Å². The quantitative estimate of drug-likeness (QED) is 0.686. The topological polar surface area (TPSA) is 79.7 Å². The lowest BCUT2D eigenvalue weighted by atomic mass is 9.96. The molecule has 8 nitrogen and oxygen atoms in total. The average molecular weight is 426 g/mol. The van der Waals surface area contributed by atoms with Gasteiger partial charge in [0.1, 0.15) is 0 Å². The Kier molecular flexibility index (Phi) is 7.32. The number of piperidine rings is 1. The van der Waals surface area contributed by atoms with Crippen LogP contribution in [0.5, 0.6) is 0 Å². The second-order valence-electron chi connectivity index (χ2n) is 8.22. The van der Waals surface area contributed by atoms with Crippen LogP contribution in [-0.4, -0.2) is 77.3 Å². The number of benzene rings is 1. The number of ether oxygens (including phenoxy) is 1. The average Bonchev–Trinajstić information content (AvgIpc) is 3.31. The number of rotatable bonds is 8. The number of likely N-dealkylation sites (tertiary alicyclic amines) is 1. The van der Waals surface area contributed by atoms with E-state index in [1.165, 1.54) is 0 Å². The Balaban J connectivity index is 1.29. The van der Waals surface area contributed by atoms with E-state index in [1.807, 2.05) is 40.0 Å². The standard InChI is InChI=1S/C23H31N5O3/c29-22-7-6-21(17-27(22)11-10-26-12-14-31-15-13-26)23(30)24-16-19-4-1-2-5-20(19)18-28-9-3-8-25-28/h1-5,8-9,21H,6-7,10-18H2,(H,24,30)/t21-/m0/s1. The Morgan fingerprint density at radius 2 is 1.94 bits per heavy atom. The van der Waals surface area contributed by atoms with E-state index in [0.29, 0.717) is 39.0 Å². The highest BCUT2D eigenvalue weighted by atomic mass is 16.5. The summed E-state index contributed by atoms with van der Waals surface area (Å²) >= 11 is 0. The molecule has 2 aliphatic heterocycles. The number of amides is 2. The molecular formula is C23H31N5O3. The Bertz CT molecular complexity index is 864. The van der Waals surface area contributed by atoms with Gasteiger partial charge < -0.3 is 15.0 Å². The molecule has 0 radical (unpaired) electrons. The summed E-state index contributed by atoms with van der Waals surface area (Å²) in [6.45, 7) is 6.49. The van der Waals surface area contributed by atoms with E-state index in [4.69, 9.17) is 4.74 Å². The van der Waals surface area contributed by atoms with Crippen molar-refractivity contribution in [1.82, 2.24) is 24.9 Å². The maximum atomic E-state index is 12.9. The summed E-state index contributed by atoms with van der Waals surface area (Å²) in [6.07, 6.45) is 4.75. The molecule has 1 N–H and O–H groups in total.